The standard InChI is InChI=1S/C21H27N3O4/c1-2-16-11-12-20(28-16)19-10-4-3-7-15-23(19)21(25)13-14-22-17-8-5-6-9-18(17)24(26)27/h5-6,8-9,11-12,19,22H,2-4,7,10,13-15H2,1H3. The third-order valence-electron chi connectivity index (χ3n) is 5.19. The number of para-hydroxylation sites is 2. The molecule has 3 rings (SSSR count). The van der Waals surface area contributed by atoms with Gasteiger partial charge in [0.2, 0.25) is 5.91 Å². The molecule has 1 atom stereocenters. The molecule has 0 bridgehead atoms. The van der Waals surface area contributed by atoms with Crippen molar-refractivity contribution in [3.8, 4) is 0 Å². The topological polar surface area (TPSA) is 88.6 Å². The molecule has 1 aliphatic rings. The van der Waals surface area contributed by atoms with Crippen LogP contribution in [0.3, 0.4) is 0 Å². The van der Waals surface area contributed by atoms with Crippen LogP contribution in [0.25, 0.3) is 0 Å². The fourth-order valence-corrected chi connectivity index (χ4v) is 3.70. The average Bonchev–Trinajstić information content (AvgIpc) is 3.04. The Morgan fingerprint density at radius 2 is 2.07 bits per heavy atom. The van der Waals surface area contributed by atoms with Gasteiger partial charge in [-0.05, 0) is 31.0 Å². The highest BCUT2D eigenvalue weighted by Gasteiger charge is 2.28. The van der Waals surface area contributed by atoms with Gasteiger partial charge in [-0.25, -0.2) is 0 Å². The lowest BCUT2D eigenvalue weighted by Crippen LogP contribution is -2.35. The molecule has 1 saturated heterocycles. The lowest BCUT2D eigenvalue weighted by atomic mass is 10.1. The van der Waals surface area contributed by atoms with Gasteiger partial charge < -0.3 is 14.6 Å². The van der Waals surface area contributed by atoms with Gasteiger partial charge in [0, 0.05) is 32.0 Å². The first-order chi connectivity index (χ1) is 13.6. The second kappa shape index (κ2) is 9.39. The molecule has 1 aromatic carbocycles. The third kappa shape index (κ3) is 4.71. The molecule has 7 heteroatoms. The Bertz CT molecular complexity index is 817. The normalized spacial score (nSPS) is 17.2. The van der Waals surface area contributed by atoms with E-state index in [0.29, 0.717) is 12.2 Å². The minimum atomic E-state index is -0.419. The number of aryl methyl sites for hydroxylation is 1. The number of benzene rings is 1. The van der Waals surface area contributed by atoms with Crippen molar-refractivity contribution >= 4 is 17.3 Å². The fraction of sp³-hybridized carbons (Fsp3) is 0.476. The van der Waals surface area contributed by atoms with Crippen molar-refractivity contribution in [2.24, 2.45) is 0 Å². The van der Waals surface area contributed by atoms with Gasteiger partial charge >= 0.3 is 0 Å². The second-order valence-electron chi connectivity index (χ2n) is 7.06. The number of rotatable bonds is 7. The second-order valence-corrected chi connectivity index (χ2v) is 7.06. The van der Waals surface area contributed by atoms with Gasteiger partial charge in [-0.15, -0.1) is 0 Å². The number of anilines is 1. The molecule has 1 amide bonds. The number of likely N-dealkylation sites (tertiary alicyclic amines) is 1. The molecular weight excluding hydrogens is 358 g/mol. The van der Waals surface area contributed by atoms with Crippen LogP contribution in [-0.2, 0) is 11.2 Å². The lowest BCUT2D eigenvalue weighted by molar-refractivity contribution is -0.384. The van der Waals surface area contributed by atoms with E-state index in [0.717, 1.165) is 50.2 Å². The maximum absolute atomic E-state index is 12.9. The van der Waals surface area contributed by atoms with Gasteiger partial charge in [-0.1, -0.05) is 31.9 Å². The lowest BCUT2D eigenvalue weighted by Gasteiger charge is -2.29. The Hall–Kier alpha value is -2.83. The van der Waals surface area contributed by atoms with Crippen LogP contribution in [0.2, 0.25) is 0 Å². The molecule has 1 aliphatic heterocycles. The number of nitro groups is 1. The number of carbonyl (C=O) groups is 1. The summed E-state index contributed by atoms with van der Waals surface area (Å²) in [6, 6.07) is 10.4. The first-order valence-electron chi connectivity index (χ1n) is 9.95. The summed E-state index contributed by atoms with van der Waals surface area (Å²) in [5.41, 5.74) is 0.455. The summed E-state index contributed by atoms with van der Waals surface area (Å²) in [7, 11) is 0. The summed E-state index contributed by atoms with van der Waals surface area (Å²) in [4.78, 5) is 25.5. The van der Waals surface area contributed by atoms with Crippen LogP contribution in [0, 0.1) is 10.1 Å². The van der Waals surface area contributed by atoms with Crippen LogP contribution >= 0.6 is 0 Å². The minimum absolute atomic E-state index is 0.0188. The summed E-state index contributed by atoms with van der Waals surface area (Å²) < 4.78 is 5.94. The zero-order chi connectivity index (χ0) is 19.9. The van der Waals surface area contributed by atoms with E-state index in [1.54, 1.807) is 18.2 Å². The van der Waals surface area contributed by atoms with Gasteiger partial charge in [0.1, 0.15) is 17.2 Å². The monoisotopic (exact) mass is 385 g/mol. The van der Waals surface area contributed by atoms with Crippen LogP contribution in [0.5, 0.6) is 0 Å². The van der Waals surface area contributed by atoms with Crippen LogP contribution in [0.1, 0.15) is 56.6 Å². The highest BCUT2D eigenvalue weighted by atomic mass is 16.6. The highest BCUT2D eigenvalue weighted by molar-refractivity contribution is 5.77. The summed E-state index contributed by atoms with van der Waals surface area (Å²) in [6.45, 7) is 3.12. The molecule has 1 unspecified atom stereocenters. The Morgan fingerprint density at radius 1 is 1.25 bits per heavy atom. The first kappa shape index (κ1) is 19.9. The van der Waals surface area contributed by atoms with Crippen molar-refractivity contribution in [2.75, 3.05) is 18.4 Å². The maximum atomic E-state index is 12.9. The van der Waals surface area contributed by atoms with E-state index in [1.807, 2.05) is 24.0 Å². The van der Waals surface area contributed by atoms with E-state index >= 15 is 0 Å². The van der Waals surface area contributed by atoms with Crippen molar-refractivity contribution in [3.05, 3.63) is 58.0 Å². The highest BCUT2D eigenvalue weighted by Crippen LogP contribution is 2.32. The van der Waals surface area contributed by atoms with Crippen LogP contribution in [0.4, 0.5) is 11.4 Å². The predicted molar refractivity (Wildman–Crippen MR) is 107 cm³/mol. The largest absolute Gasteiger partial charge is 0.464 e. The van der Waals surface area contributed by atoms with Crippen molar-refractivity contribution < 1.29 is 14.1 Å². The molecule has 2 heterocycles. The Labute approximate surface area is 164 Å². The fourth-order valence-electron chi connectivity index (χ4n) is 3.70. The SMILES string of the molecule is CCc1ccc(C2CCCCCN2C(=O)CCNc2ccccc2[N+](=O)[O-])o1. The van der Waals surface area contributed by atoms with E-state index in [9.17, 15) is 14.9 Å². The molecule has 150 valence electrons. The van der Waals surface area contributed by atoms with Crippen molar-refractivity contribution in [1.82, 2.24) is 4.90 Å². The van der Waals surface area contributed by atoms with Gasteiger partial charge in [0.05, 0.1) is 11.0 Å². The molecule has 0 spiro atoms. The van der Waals surface area contributed by atoms with E-state index in [1.165, 1.54) is 6.07 Å². The molecule has 7 nitrogen and oxygen atoms in total. The minimum Gasteiger partial charge on any atom is -0.464 e. The first-order valence-corrected chi connectivity index (χ1v) is 9.95. The number of nitrogens with zero attached hydrogens (tertiary/aromatic N) is 2. The number of hydrogen-bond acceptors (Lipinski definition) is 5. The summed E-state index contributed by atoms with van der Waals surface area (Å²) in [5.74, 6) is 1.84. The number of carbonyl (C=O) groups excluding carboxylic acids is 1. The summed E-state index contributed by atoms with van der Waals surface area (Å²) in [5, 5.41) is 14.1. The van der Waals surface area contributed by atoms with Gasteiger partial charge in [-0.3, -0.25) is 14.9 Å². The number of furan rings is 1. The quantitative estimate of drug-likeness (QED) is 0.551. The van der Waals surface area contributed by atoms with Crippen molar-refractivity contribution in [1.29, 1.82) is 0 Å². The molecule has 0 aliphatic carbocycles. The van der Waals surface area contributed by atoms with Crippen LogP contribution in [0.15, 0.2) is 40.8 Å². The van der Waals surface area contributed by atoms with Crippen LogP contribution < -0.4 is 5.32 Å². The van der Waals surface area contributed by atoms with Gasteiger partial charge in [0.15, 0.2) is 0 Å². The van der Waals surface area contributed by atoms with Gasteiger partial charge in [0.25, 0.3) is 5.69 Å². The zero-order valence-corrected chi connectivity index (χ0v) is 16.2. The van der Waals surface area contributed by atoms with E-state index in [2.05, 4.69) is 5.32 Å². The molecule has 0 radical (unpaired) electrons. The summed E-state index contributed by atoms with van der Waals surface area (Å²) >= 11 is 0. The average molecular weight is 385 g/mol. The Morgan fingerprint density at radius 3 is 2.82 bits per heavy atom. The Balaban J connectivity index is 1.65. The molecule has 1 aromatic heterocycles. The maximum Gasteiger partial charge on any atom is 0.292 e. The van der Waals surface area contributed by atoms with Gasteiger partial charge in [-0.2, -0.15) is 0 Å². The molecule has 1 fully saturated rings. The predicted octanol–water partition coefficient (Wildman–Crippen LogP) is 4.70. The number of hydrogen-bond donors (Lipinski definition) is 1. The molecular formula is C21H27N3O4. The smallest absolute Gasteiger partial charge is 0.292 e. The molecule has 28 heavy (non-hydrogen) atoms. The number of nitrogens with one attached hydrogen (secondary N) is 1. The van der Waals surface area contributed by atoms with Crippen LogP contribution in [-0.4, -0.2) is 28.8 Å². The Kier molecular flexibility index (Phi) is 6.68. The van der Waals surface area contributed by atoms with E-state index < -0.39 is 4.92 Å². The number of amides is 1. The molecule has 2 aromatic rings. The zero-order valence-electron chi connectivity index (χ0n) is 16.2. The van der Waals surface area contributed by atoms with Crippen molar-refractivity contribution in [3.63, 3.8) is 0 Å². The molecule has 1 N–H and O–H groups in total. The summed E-state index contributed by atoms with van der Waals surface area (Å²) in [6.07, 6.45) is 5.19. The van der Waals surface area contributed by atoms with E-state index in [-0.39, 0.29) is 24.1 Å². The molecule has 0 saturated carbocycles. The number of nitro benzene ring substituents is 1. The third-order valence-corrected chi connectivity index (χ3v) is 5.19. The van der Waals surface area contributed by atoms with Crippen molar-refractivity contribution in [2.45, 2.75) is 51.5 Å². The van der Waals surface area contributed by atoms with E-state index in [4.69, 9.17) is 4.42 Å².